The smallest absolute Gasteiger partial charge is 0.158 e. The normalized spacial score (nSPS) is 30.9. The molecule has 1 N–H and O–H groups in total. The van der Waals surface area contributed by atoms with Crippen molar-refractivity contribution in [3.05, 3.63) is 0 Å². The molecule has 0 aromatic rings. The Morgan fingerprint density at radius 3 is 2.31 bits per heavy atom. The van der Waals surface area contributed by atoms with Crippen LogP contribution < -0.4 is 5.32 Å². The largest absolute Gasteiger partial charge is 0.317 e. The fourth-order valence-corrected chi connectivity index (χ4v) is 4.33. The van der Waals surface area contributed by atoms with Crippen molar-refractivity contribution in [2.75, 3.05) is 24.6 Å². The second-order valence-corrected chi connectivity index (χ2v) is 6.05. The van der Waals surface area contributed by atoms with Crippen LogP contribution in [0, 0.1) is 5.41 Å². The minimum Gasteiger partial charge on any atom is -0.317 e. The number of hydrogen-bond acceptors (Lipinski definition) is 4. The molecule has 2 aliphatic rings. The molecule has 5 heteroatoms. The predicted octanol–water partition coefficient (Wildman–Crippen LogP) is -0.646. The molecule has 4 nitrogen and oxygen atoms in total. The van der Waals surface area contributed by atoms with Crippen molar-refractivity contribution < 1.29 is 13.2 Å². The van der Waals surface area contributed by atoms with Crippen LogP contribution in [0.15, 0.2) is 0 Å². The Hall–Kier alpha value is -0.420. The maximum Gasteiger partial charge on any atom is 0.158 e. The molecular weight excluding hydrogens is 190 g/mol. The molecule has 13 heavy (non-hydrogen) atoms. The highest BCUT2D eigenvalue weighted by Crippen LogP contribution is 2.37. The van der Waals surface area contributed by atoms with Crippen molar-refractivity contribution in [2.45, 2.75) is 12.8 Å². The molecule has 0 aromatic carbocycles. The number of piperidine rings is 1. The SMILES string of the molecule is O=C1CS(=O)(=O)CC12CCNCC2. The molecule has 2 heterocycles. The Kier molecular flexibility index (Phi) is 1.96. The molecule has 0 unspecified atom stereocenters. The lowest BCUT2D eigenvalue weighted by molar-refractivity contribution is -0.125. The van der Waals surface area contributed by atoms with Gasteiger partial charge in [0.05, 0.1) is 5.75 Å². The Balaban J connectivity index is 2.28. The molecule has 1 spiro atoms. The minimum atomic E-state index is -3.08. The van der Waals surface area contributed by atoms with E-state index in [1.165, 1.54) is 0 Å². The summed E-state index contributed by atoms with van der Waals surface area (Å²) in [6, 6.07) is 0. The first-order chi connectivity index (χ1) is 6.04. The van der Waals surface area contributed by atoms with Crippen molar-refractivity contribution >= 4 is 15.6 Å². The molecule has 74 valence electrons. The van der Waals surface area contributed by atoms with Crippen molar-refractivity contribution in [2.24, 2.45) is 5.41 Å². The van der Waals surface area contributed by atoms with Gasteiger partial charge in [-0.3, -0.25) is 4.79 Å². The van der Waals surface area contributed by atoms with Gasteiger partial charge in [-0.25, -0.2) is 8.42 Å². The van der Waals surface area contributed by atoms with Crippen molar-refractivity contribution in [3.8, 4) is 0 Å². The number of sulfone groups is 1. The third-order valence-corrected chi connectivity index (χ3v) is 4.69. The van der Waals surface area contributed by atoms with Crippen LogP contribution in [0.4, 0.5) is 0 Å². The van der Waals surface area contributed by atoms with E-state index in [0.29, 0.717) is 12.8 Å². The van der Waals surface area contributed by atoms with E-state index >= 15 is 0 Å². The first-order valence-electron chi connectivity index (χ1n) is 4.49. The molecule has 0 aromatic heterocycles. The van der Waals surface area contributed by atoms with E-state index in [9.17, 15) is 13.2 Å². The van der Waals surface area contributed by atoms with Gasteiger partial charge >= 0.3 is 0 Å². The average Bonchev–Trinajstić information content (AvgIpc) is 2.23. The van der Waals surface area contributed by atoms with E-state index in [1.807, 2.05) is 0 Å². The molecule has 2 aliphatic heterocycles. The number of Topliss-reactive ketones (excluding diaryl/α,β-unsaturated/α-hetero) is 1. The molecule has 0 aliphatic carbocycles. The number of ketones is 1. The molecule has 2 fully saturated rings. The highest BCUT2D eigenvalue weighted by molar-refractivity contribution is 7.92. The van der Waals surface area contributed by atoms with E-state index in [2.05, 4.69) is 5.32 Å². The molecule has 0 bridgehead atoms. The first-order valence-corrected chi connectivity index (χ1v) is 6.31. The lowest BCUT2D eigenvalue weighted by atomic mass is 9.78. The Labute approximate surface area is 77.6 Å². The topological polar surface area (TPSA) is 63.2 Å². The van der Waals surface area contributed by atoms with Crippen LogP contribution in [0.5, 0.6) is 0 Å². The first kappa shape index (κ1) is 9.15. The Morgan fingerprint density at radius 1 is 1.23 bits per heavy atom. The number of hydrogen-bond donors (Lipinski definition) is 1. The van der Waals surface area contributed by atoms with Crippen LogP contribution >= 0.6 is 0 Å². The van der Waals surface area contributed by atoms with Gasteiger partial charge in [-0.05, 0) is 25.9 Å². The Bertz CT molecular complexity index is 327. The summed E-state index contributed by atoms with van der Waals surface area (Å²) in [5.41, 5.74) is -0.524. The summed E-state index contributed by atoms with van der Waals surface area (Å²) < 4.78 is 22.5. The zero-order chi connectivity index (χ0) is 9.53. The molecule has 2 saturated heterocycles. The van der Waals surface area contributed by atoms with Gasteiger partial charge in [-0.15, -0.1) is 0 Å². The summed E-state index contributed by atoms with van der Waals surface area (Å²) in [6.07, 6.45) is 1.37. The second kappa shape index (κ2) is 2.78. The van der Waals surface area contributed by atoms with E-state index in [1.54, 1.807) is 0 Å². The highest BCUT2D eigenvalue weighted by atomic mass is 32.2. The van der Waals surface area contributed by atoms with Crippen molar-refractivity contribution in [1.29, 1.82) is 0 Å². The maximum absolute atomic E-state index is 11.6. The number of carbonyl (C=O) groups excluding carboxylic acids is 1. The number of rotatable bonds is 0. The van der Waals surface area contributed by atoms with Crippen LogP contribution in [0.3, 0.4) is 0 Å². The molecule has 0 radical (unpaired) electrons. The van der Waals surface area contributed by atoms with Gasteiger partial charge in [0, 0.05) is 5.41 Å². The third kappa shape index (κ3) is 1.50. The lowest BCUT2D eigenvalue weighted by Gasteiger charge is -2.30. The summed E-state index contributed by atoms with van der Waals surface area (Å²) in [7, 11) is -3.08. The van der Waals surface area contributed by atoms with Crippen LogP contribution in [0.25, 0.3) is 0 Å². The summed E-state index contributed by atoms with van der Waals surface area (Å²) in [4.78, 5) is 11.6. The van der Waals surface area contributed by atoms with Crippen molar-refractivity contribution in [3.63, 3.8) is 0 Å². The van der Waals surface area contributed by atoms with E-state index in [4.69, 9.17) is 0 Å². The number of carbonyl (C=O) groups is 1. The number of nitrogens with one attached hydrogen (secondary N) is 1. The molecule has 0 amide bonds. The third-order valence-electron chi connectivity index (χ3n) is 3.00. The van der Waals surface area contributed by atoms with Crippen molar-refractivity contribution in [1.82, 2.24) is 5.32 Å². The van der Waals surface area contributed by atoms with E-state index < -0.39 is 15.3 Å². The quantitative estimate of drug-likeness (QED) is 0.568. The molecule has 0 saturated carbocycles. The zero-order valence-electron chi connectivity index (χ0n) is 7.38. The summed E-state index contributed by atoms with van der Waals surface area (Å²) in [6.45, 7) is 1.53. The van der Waals surface area contributed by atoms with Gasteiger partial charge < -0.3 is 5.32 Å². The van der Waals surface area contributed by atoms with Gasteiger partial charge in [0.25, 0.3) is 0 Å². The molecular formula is C8H13NO3S. The summed E-state index contributed by atoms with van der Waals surface area (Å²) >= 11 is 0. The second-order valence-electron chi connectivity index (χ2n) is 3.99. The zero-order valence-corrected chi connectivity index (χ0v) is 8.19. The summed E-state index contributed by atoms with van der Waals surface area (Å²) in [5, 5.41) is 3.14. The van der Waals surface area contributed by atoms with Gasteiger partial charge in [0.2, 0.25) is 0 Å². The minimum absolute atomic E-state index is 0.0611. The Morgan fingerprint density at radius 2 is 1.85 bits per heavy atom. The van der Waals surface area contributed by atoms with Gasteiger partial charge in [-0.1, -0.05) is 0 Å². The maximum atomic E-state index is 11.6. The van der Waals surface area contributed by atoms with Crippen LogP contribution in [-0.4, -0.2) is 38.8 Å². The predicted molar refractivity (Wildman–Crippen MR) is 48.2 cm³/mol. The lowest BCUT2D eigenvalue weighted by Crippen LogP contribution is -2.41. The van der Waals surface area contributed by atoms with Crippen LogP contribution in [0.1, 0.15) is 12.8 Å². The van der Waals surface area contributed by atoms with E-state index in [0.717, 1.165) is 13.1 Å². The molecule has 0 atom stereocenters. The van der Waals surface area contributed by atoms with Gasteiger partial charge in [-0.2, -0.15) is 0 Å². The summed E-state index contributed by atoms with van der Waals surface area (Å²) in [5.74, 6) is -0.206. The fourth-order valence-electron chi connectivity index (χ4n) is 2.23. The van der Waals surface area contributed by atoms with E-state index in [-0.39, 0.29) is 17.3 Å². The highest BCUT2D eigenvalue weighted by Gasteiger charge is 2.49. The fraction of sp³-hybridized carbons (Fsp3) is 0.875. The average molecular weight is 203 g/mol. The van der Waals surface area contributed by atoms with Crippen LogP contribution in [0.2, 0.25) is 0 Å². The van der Waals surface area contributed by atoms with Gasteiger partial charge in [0.15, 0.2) is 15.6 Å². The molecule has 2 rings (SSSR count). The monoisotopic (exact) mass is 203 g/mol. The van der Waals surface area contributed by atoms with Gasteiger partial charge in [0.1, 0.15) is 5.75 Å². The standard InChI is InChI=1S/C8H13NO3S/c10-7-5-13(11,12)6-8(7)1-3-9-4-2-8/h9H,1-6H2. The van der Waals surface area contributed by atoms with Crippen LogP contribution in [-0.2, 0) is 14.6 Å².